The van der Waals surface area contributed by atoms with Crippen LogP contribution in [0.25, 0.3) is 0 Å². The lowest BCUT2D eigenvalue weighted by molar-refractivity contribution is -0.136. The molecule has 0 aromatic rings. The highest BCUT2D eigenvalue weighted by Crippen LogP contribution is 2.21. The average Bonchev–Trinajstić information content (AvgIpc) is 2.97. The number of piperidine rings is 1. The van der Waals surface area contributed by atoms with Crippen LogP contribution in [-0.4, -0.2) is 103 Å². The van der Waals surface area contributed by atoms with Crippen molar-refractivity contribution in [1.82, 2.24) is 19.6 Å². The van der Waals surface area contributed by atoms with Gasteiger partial charge in [-0.25, -0.2) is 4.79 Å². The van der Waals surface area contributed by atoms with Gasteiger partial charge in [0.05, 0.1) is 19.8 Å². The second-order valence-corrected chi connectivity index (χ2v) is 6.56. The molecule has 3 rings (SSSR count). The Morgan fingerprint density at radius 2 is 1.78 bits per heavy atom. The first kappa shape index (κ1) is 16.5. The van der Waals surface area contributed by atoms with Crippen LogP contribution in [0.15, 0.2) is 0 Å². The summed E-state index contributed by atoms with van der Waals surface area (Å²) in [6, 6.07) is 0.532. The van der Waals surface area contributed by atoms with E-state index in [1.54, 1.807) is 0 Å². The number of hydrogen-bond donors (Lipinski definition) is 0. The summed E-state index contributed by atoms with van der Waals surface area (Å²) in [4.78, 5) is 32.6. The first-order chi connectivity index (χ1) is 11.2. The fourth-order valence-electron chi connectivity index (χ4n) is 3.73. The molecule has 7 heteroatoms. The SMILES string of the molecule is CCN1CCN(C2CCN(CC(=O)N3CCOCC3)CC2)C1=O. The van der Waals surface area contributed by atoms with Gasteiger partial charge < -0.3 is 19.4 Å². The second-order valence-electron chi connectivity index (χ2n) is 6.56. The van der Waals surface area contributed by atoms with E-state index in [9.17, 15) is 9.59 Å². The number of ether oxygens (including phenoxy) is 1. The normalized spacial score (nSPS) is 24.6. The van der Waals surface area contributed by atoms with Crippen LogP contribution in [0.2, 0.25) is 0 Å². The van der Waals surface area contributed by atoms with Gasteiger partial charge in [0.15, 0.2) is 0 Å². The van der Waals surface area contributed by atoms with Crippen LogP contribution >= 0.6 is 0 Å². The van der Waals surface area contributed by atoms with E-state index >= 15 is 0 Å². The Bertz CT molecular complexity index is 431. The lowest BCUT2D eigenvalue weighted by Gasteiger charge is -2.37. The Kier molecular flexibility index (Phi) is 5.38. The lowest BCUT2D eigenvalue weighted by atomic mass is 10.0. The molecule has 3 heterocycles. The lowest BCUT2D eigenvalue weighted by Crippen LogP contribution is -2.50. The number of likely N-dealkylation sites (N-methyl/N-ethyl adjacent to an activating group) is 1. The molecule has 0 unspecified atom stereocenters. The number of rotatable bonds is 4. The number of likely N-dealkylation sites (tertiary alicyclic amines) is 1. The summed E-state index contributed by atoms with van der Waals surface area (Å²) >= 11 is 0. The third kappa shape index (κ3) is 3.77. The number of carbonyl (C=O) groups is 2. The highest BCUT2D eigenvalue weighted by molar-refractivity contribution is 5.78. The zero-order valence-corrected chi connectivity index (χ0v) is 14.1. The van der Waals surface area contributed by atoms with Gasteiger partial charge in [0.25, 0.3) is 0 Å². The van der Waals surface area contributed by atoms with E-state index in [-0.39, 0.29) is 11.9 Å². The van der Waals surface area contributed by atoms with Crippen molar-refractivity contribution >= 4 is 11.9 Å². The van der Waals surface area contributed by atoms with Gasteiger partial charge in [0.1, 0.15) is 0 Å². The Balaban J connectivity index is 1.43. The molecule has 3 saturated heterocycles. The van der Waals surface area contributed by atoms with Crippen molar-refractivity contribution in [2.75, 3.05) is 65.6 Å². The van der Waals surface area contributed by atoms with Crippen LogP contribution in [0.5, 0.6) is 0 Å². The maximum absolute atomic E-state index is 12.3. The zero-order valence-electron chi connectivity index (χ0n) is 14.1. The maximum Gasteiger partial charge on any atom is 0.320 e. The van der Waals surface area contributed by atoms with E-state index in [1.807, 2.05) is 21.6 Å². The molecular formula is C16H28N4O3. The van der Waals surface area contributed by atoms with Gasteiger partial charge in [-0.05, 0) is 19.8 Å². The number of nitrogens with zero attached hydrogens (tertiary/aromatic N) is 4. The first-order valence-corrected chi connectivity index (χ1v) is 8.82. The molecule has 130 valence electrons. The predicted octanol–water partition coefficient (Wildman–Crippen LogP) is 0.0671. The molecule has 3 aliphatic rings. The number of hydrogen-bond acceptors (Lipinski definition) is 4. The summed E-state index contributed by atoms with van der Waals surface area (Å²) in [5.74, 6) is 0.209. The zero-order chi connectivity index (χ0) is 16.2. The van der Waals surface area contributed by atoms with E-state index in [1.165, 1.54) is 0 Å². The van der Waals surface area contributed by atoms with Crippen molar-refractivity contribution in [3.05, 3.63) is 0 Å². The van der Waals surface area contributed by atoms with E-state index < -0.39 is 0 Å². The molecule has 3 fully saturated rings. The summed E-state index contributed by atoms with van der Waals surface area (Å²) in [6.45, 7) is 9.56. The molecule has 0 atom stereocenters. The minimum Gasteiger partial charge on any atom is -0.378 e. The van der Waals surface area contributed by atoms with Crippen LogP contribution in [0, 0.1) is 0 Å². The average molecular weight is 324 g/mol. The molecular weight excluding hydrogens is 296 g/mol. The molecule has 0 spiro atoms. The largest absolute Gasteiger partial charge is 0.378 e. The molecule has 0 radical (unpaired) electrons. The van der Waals surface area contributed by atoms with Gasteiger partial charge in [-0.2, -0.15) is 0 Å². The molecule has 0 aromatic heterocycles. The molecule has 0 saturated carbocycles. The summed E-state index contributed by atoms with van der Waals surface area (Å²) in [6.07, 6.45) is 1.94. The molecule has 0 aliphatic carbocycles. The van der Waals surface area contributed by atoms with Gasteiger partial charge in [-0.15, -0.1) is 0 Å². The Labute approximate surface area is 138 Å². The van der Waals surface area contributed by atoms with E-state index in [4.69, 9.17) is 4.74 Å². The van der Waals surface area contributed by atoms with E-state index in [0.29, 0.717) is 38.9 Å². The Morgan fingerprint density at radius 1 is 1.09 bits per heavy atom. The summed E-state index contributed by atoms with van der Waals surface area (Å²) < 4.78 is 5.29. The Hall–Kier alpha value is -1.34. The fourth-order valence-corrected chi connectivity index (χ4v) is 3.73. The van der Waals surface area contributed by atoms with Gasteiger partial charge in [0.2, 0.25) is 5.91 Å². The van der Waals surface area contributed by atoms with E-state index in [2.05, 4.69) is 4.90 Å². The number of carbonyl (C=O) groups excluding carboxylic acids is 2. The van der Waals surface area contributed by atoms with Gasteiger partial charge in [-0.3, -0.25) is 9.69 Å². The number of morpholine rings is 1. The molecule has 0 aromatic carbocycles. The first-order valence-electron chi connectivity index (χ1n) is 8.82. The van der Waals surface area contributed by atoms with Crippen molar-refractivity contribution < 1.29 is 14.3 Å². The third-order valence-electron chi connectivity index (χ3n) is 5.23. The molecule has 7 nitrogen and oxygen atoms in total. The summed E-state index contributed by atoms with van der Waals surface area (Å²) in [5.41, 5.74) is 0. The van der Waals surface area contributed by atoms with Crippen molar-refractivity contribution in [2.45, 2.75) is 25.8 Å². The van der Waals surface area contributed by atoms with Gasteiger partial charge in [0, 0.05) is 51.9 Å². The summed E-state index contributed by atoms with van der Waals surface area (Å²) in [5, 5.41) is 0. The fraction of sp³-hybridized carbons (Fsp3) is 0.875. The molecule has 3 aliphatic heterocycles. The van der Waals surface area contributed by atoms with Gasteiger partial charge in [-0.1, -0.05) is 0 Å². The van der Waals surface area contributed by atoms with Crippen molar-refractivity contribution in [1.29, 1.82) is 0 Å². The number of amides is 3. The predicted molar refractivity (Wildman–Crippen MR) is 86.2 cm³/mol. The van der Waals surface area contributed by atoms with Crippen molar-refractivity contribution in [2.24, 2.45) is 0 Å². The Morgan fingerprint density at radius 3 is 2.39 bits per heavy atom. The molecule has 0 N–H and O–H groups in total. The van der Waals surface area contributed by atoms with Crippen LogP contribution in [-0.2, 0) is 9.53 Å². The molecule has 23 heavy (non-hydrogen) atoms. The number of urea groups is 1. The van der Waals surface area contributed by atoms with Crippen LogP contribution < -0.4 is 0 Å². The van der Waals surface area contributed by atoms with Crippen LogP contribution in [0.4, 0.5) is 4.79 Å². The van der Waals surface area contributed by atoms with Gasteiger partial charge >= 0.3 is 6.03 Å². The maximum atomic E-state index is 12.3. The van der Waals surface area contributed by atoms with E-state index in [0.717, 1.165) is 45.6 Å². The smallest absolute Gasteiger partial charge is 0.320 e. The quantitative estimate of drug-likeness (QED) is 0.734. The second kappa shape index (κ2) is 7.49. The molecule has 3 amide bonds. The third-order valence-corrected chi connectivity index (χ3v) is 5.23. The van der Waals surface area contributed by atoms with Crippen molar-refractivity contribution in [3.63, 3.8) is 0 Å². The monoisotopic (exact) mass is 324 g/mol. The summed E-state index contributed by atoms with van der Waals surface area (Å²) in [7, 11) is 0. The van der Waals surface area contributed by atoms with Crippen LogP contribution in [0.1, 0.15) is 19.8 Å². The highest BCUT2D eigenvalue weighted by Gasteiger charge is 2.34. The molecule has 0 bridgehead atoms. The minimum atomic E-state index is 0.190. The van der Waals surface area contributed by atoms with Crippen LogP contribution in [0.3, 0.4) is 0 Å². The highest BCUT2D eigenvalue weighted by atomic mass is 16.5. The standard InChI is InChI=1S/C16H28N4O3/c1-2-18-7-8-20(16(18)22)14-3-5-17(6-4-14)13-15(21)19-9-11-23-12-10-19/h14H,2-13H2,1H3. The minimum absolute atomic E-state index is 0.190. The van der Waals surface area contributed by atoms with Crippen molar-refractivity contribution in [3.8, 4) is 0 Å². The topological polar surface area (TPSA) is 56.3 Å².